The summed E-state index contributed by atoms with van der Waals surface area (Å²) in [5, 5.41) is 0. The van der Waals surface area contributed by atoms with Gasteiger partial charge in [-0.25, -0.2) is 0 Å². The first-order valence-electron chi connectivity index (χ1n) is 5.33. The van der Waals surface area contributed by atoms with Gasteiger partial charge < -0.3 is 5.73 Å². The number of hydrogen-bond donors (Lipinski definition) is 1. The molecule has 1 nitrogen and oxygen atoms in total. The Hall–Kier alpha value is -0.820. The molecule has 0 unspecified atom stereocenters. The van der Waals surface area contributed by atoms with Crippen LogP contribution in [0.2, 0.25) is 0 Å². The van der Waals surface area contributed by atoms with Crippen LogP contribution in [0.4, 0.5) is 0 Å². The van der Waals surface area contributed by atoms with Crippen LogP contribution in [0.25, 0.3) is 0 Å². The Labute approximate surface area is 86.3 Å². The highest BCUT2D eigenvalue weighted by Gasteiger charge is 2.36. The molecule has 2 atom stereocenters. The summed E-state index contributed by atoms with van der Waals surface area (Å²) in [6.07, 6.45) is 1.14. The van der Waals surface area contributed by atoms with E-state index in [9.17, 15) is 0 Å². The zero-order valence-electron chi connectivity index (χ0n) is 9.25. The standard InChI is InChI=1S/C13H19N/c1-13(2,3)11-8-9-6-4-5-7-10(9)12(11)14/h4-7,11-12H,8,14H2,1-3H3/t11-,12+/m1/s1. The van der Waals surface area contributed by atoms with Gasteiger partial charge in [-0.05, 0) is 28.9 Å². The lowest BCUT2D eigenvalue weighted by atomic mass is 9.77. The molecular weight excluding hydrogens is 170 g/mol. The van der Waals surface area contributed by atoms with Crippen LogP contribution in [-0.4, -0.2) is 0 Å². The summed E-state index contributed by atoms with van der Waals surface area (Å²) in [6.45, 7) is 6.84. The summed E-state index contributed by atoms with van der Waals surface area (Å²) in [5.41, 5.74) is 9.38. The lowest BCUT2D eigenvalue weighted by Gasteiger charge is -2.30. The lowest BCUT2D eigenvalue weighted by Crippen LogP contribution is -2.28. The minimum Gasteiger partial charge on any atom is -0.324 e. The molecule has 0 fully saturated rings. The van der Waals surface area contributed by atoms with Crippen LogP contribution in [0.5, 0.6) is 0 Å². The SMILES string of the molecule is CC(C)(C)[C@@H]1Cc2ccccc2[C@@H]1N. The Morgan fingerprint density at radius 1 is 1.21 bits per heavy atom. The maximum absolute atomic E-state index is 6.28. The second kappa shape index (κ2) is 3.09. The van der Waals surface area contributed by atoms with E-state index in [-0.39, 0.29) is 6.04 Å². The van der Waals surface area contributed by atoms with Crippen molar-refractivity contribution in [2.75, 3.05) is 0 Å². The lowest BCUT2D eigenvalue weighted by molar-refractivity contribution is 0.217. The maximum atomic E-state index is 6.28. The van der Waals surface area contributed by atoms with Crippen molar-refractivity contribution in [3.05, 3.63) is 35.4 Å². The van der Waals surface area contributed by atoms with Crippen LogP contribution >= 0.6 is 0 Å². The van der Waals surface area contributed by atoms with Crippen molar-refractivity contribution in [1.82, 2.24) is 0 Å². The summed E-state index contributed by atoms with van der Waals surface area (Å²) >= 11 is 0. The van der Waals surface area contributed by atoms with E-state index in [1.807, 2.05) is 0 Å². The molecule has 1 aromatic rings. The van der Waals surface area contributed by atoms with Gasteiger partial charge in [0.2, 0.25) is 0 Å². The van der Waals surface area contributed by atoms with E-state index in [4.69, 9.17) is 5.73 Å². The fraction of sp³-hybridized carbons (Fsp3) is 0.538. The van der Waals surface area contributed by atoms with Crippen molar-refractivity contribution >= 4 is 0 Å². The highest BCUT2D eigenvalue weighted by atomic mass is 14.7. The van der Waals surface area contributed by atoms with Crippen LogP contribution in [0.15, 0.2) is 24.3 Å². The Bertz CT molecular complexity index is 335. The van der Waals surface area contributed by atoms with E-state index in [0.29, 0.717) is 11.3 Å². The van der Waals surface area contributed by atoms with Gasteiger partial charge in [0.1, 0.15) is 0 Å². The summed E-state index contributed by atoms with van der Waals surface area (Å²) in [4.78, 5) is 0. The van der Waals surface area contributed by atoms with Gasteiger partial charge in [0.25, 0.3) is 0 Å². The van der Waals surface area contributed by atoms with E-state index < -0.39 is 0 Å². The van der Waals surface area contributed by atoms with Gasteiger partial charge in [0.15, 0.2) is 0 Å². The average molecular weight is 189 g/mol. The monoisotopic (exact) mass is 189 g/mol. The fourth-order valence-corrected chi connectivity index (χ4v) is 2.47. The van der Waals surface area contributed by atoms with Gasteiger partial charge >= 0.3 is 0 Å². The molecule has 76 valence electrons. The largest absolute Gasteiger partial charge is 0.324 e. The number of hydrogen-bond acceptors (Lipinski definition) is 1. The molecule has 0 aliphatic heterocycles. The van der Waals surface area contributed by atoms with Crippen LogP contribution < -0.4 is 5.73 Å². The zero-order chi connectivity index (χ0) is 10.3. The Morgan fingerprint density at radius 3 is 2.43 bits per heavy atom. The molecule has 1 heteroatoms. The van der Waals surface area contributed by atoms with E-state index in [1.165, 1.54) is 11.1 Å². The van der Waals surface area contributed by atoms with Crippen LogP contribution in [0, 0.1) is 11.3 Å². The van der Waals surface area contributed by atoms with Gasteiger partial charge in [-0.1, -0.05) is 45.0 Å². The first kappa shape index (κ1) is 9.72. The minimum absolute atomic E-state index is 0.228. The number of rotatable bonds is 0. The van der Waals surface area contributed by atoms with Crippen LogP contribution in [-0.2, 0) is 6.42 Å². The predicted molar refractivity (Wildman–Crippen MR) is 60.0 cm³/mol. The second-order valence-corrected chi connectivity index (χ2v) is 5.40. The first-order chi connectivity index (χ1) is 6.50. The van der Waals surface area contributed by atoms with E-state index >= 15 is 0 Å². The number of fused-ring (bicyclic) bond motifs is 1. The second-order valence-electron chi connectivity index (χ2n) is 5.40. The van der Waals surface area contributed by atoms with Crippen LogP contribution in [0.1, 0.15) is 37.9 Å². The average Bonchev–Trinajstić information content (AvgIpc) is 2.44. The summed E-state index contributed by atoms with van der Waals surface area (Å²) in [7, 11) is 0. The molecule has 0 heterocycles. The predicted octanol–water partition coefficient (Wildman–Crippen LogP) is 2.90. The molecule has 1 aliphatic carbocycles. The molecule has 0 saturated carbocycles. The van der Waals surface area contributed by atoms with Crippen molar-refractivity contribution in [3.8, 4) is 0 Å². The molecule has 1 aliphatic rings. The smallest absolute Gasteiger partial charge is 0.0334 e. The molecule has 2 N–H and O–H groups in total. The molecule has 14 heavy (non-hydrogen) atoms. The topological polar surface area (TPSA) is 26.0 Å². The number of benzene rings is 1. The molecule has 0 radical (unpaired) electrons. The van der Waals surface area contributed by atoms with Gasteiger partial charge in [-0.15, -0.1) is 0 Å². The van der Waals surface area contributed by atoms with Gasteiger partial charge in [0.05, 0.1) is 0 Å². The first-order valence-corrected chi connectivity index (χ1v) is 5.33. The Balaban J connectivity index is 2.35. The summed E-state index contributed by atoms with van der Waals surface area (Å²) in [5.74, 6) is 0.583. The van der Waals surface area contributed by atoms with Gasteiger partial charge in [-0.3, -0.25) is 0 Å². The normalized spacial score (nSPS) is 26.3. The molecule has 1 aromatic carbocycles. The van der Waals surface area contributed by atoms with Crippen molar-refractivity contribution in [2.24, 2.45) is 17.1 Å². The molecule has 0 amide bonds. The third-order valence-corrected chi connectivity index (χ3v) is 3.40. The summed E-state index contributed by atoms with van der Waals surface area (Å²) in [6, 6.07) is 8.80. The maximum Gasteiger partial charge on any atom is 0.0334 e. The van der Waals surface area contributed by atoms with Crippen LogP contribution in [0.3, 0.4) is 0 Å². The third kappa shape index (κ3) is 1.46. The quantitative estimate of drug-likeness (QED) is 0.667. The molecular formula is C13H19N. The van der Waals surface area contributed by atoms with E-state index in [0.717, 1.165) is 6.42 Å². The molecule has 0 spiro atoms. The van der Waals surface area contributed by atoms with Gasteiger partial charge in [0, 0.05) is 6.04 Å². The van der Waals surface area contributed by atoms with Crippen molar-refractivity contribution in [2.45, 2.75) is 33.2 Å². The highest BCUT2D eigenvalue weighted by Crippen LogP contribution is 2.43. The van der Waals surface area contributed by atoms with E-state index in [1.54, 1.807) is 0 Å². The molecule has 0 bridgehead atoms. The van der Waals surface area contributed by atoms with E-state index in [2.05, 4.69) is 45.0 Å². The molecule has 0 aromatic heterocycles. The zero-order valence-corrected chi connectivity index (χ0v) is 9.25. The Morgan fingerprint density at radius 2 is 1.86 bits per heavy atom. The summed E-state index contributed by atoms with van der Waals surface area (Å²) < 4.78 is 0. The molecule has 0 saturated heterocycles. The van der Waals surface area contributed by atoms with Crippen molar-refractivity contribution < 1.29 is 0 Å². The fourth-order valence-electron chi connectivity index (χ4n) is 2.47. The van der Waals surface area contributed by atoms with Crippen molar-refractivity contribution in [1.29, 1.82) is 0 Å². The van der Waals surface area contributed by atoms with Gasteiger partial charge in [-0.2, -0.15) is 0 Å². The Kier molecular flexibility index (Phi) is 2.15. The number of nitrogens with two attached hydrogens (primary N) is 1. The highest BCUT2D eigenvalue weighted by molar-refractivity contribution is 5.36. The third-order valence-electron chi connectivity index (χ3n) is 3.40. The van der Waals surface area contributed by atoms with Crippen molar-refractivity contribution in [3.63, 3.8) is 0 Å². The minimum atomic E-state index is 0.228. The molecule has 2 rings (SSSR count).